The average molecular weight is 408 g/mol. The number of hydrogen-bond acceptors (Lipinski definition) is 4. The summed E-state index contributed by atoms with van der Waals surface area (Å²) in [5.74, 6) is 0.558. The molecule has 0 aliphatic heterocycles. The zero-order chi connectivity index (χ0) is 21.3. The number of ether oxygens (including phenoxy) is 2. The Morgan fingerprint density at radius 1 is 0.967 bits per heavy atom. The lowest BCUT2D eigenvalue weighted by Gasteiger charge is -2.14. The Balaban J connectivity index is 1.60. The van der Waals surface area contributed by atoms with Crippen LogP contribution in [0.3, 0.4) is 0 Å². The van der Waals surface area contributed by atoms with Gasteiger partial charge in [0.05, 0.1) is 6.61 Å². The van der Waals surface area contributed by atoms with Crippen LogP contribution in [-0.4, -0.2) is 19.1 Å². The molecule has 0 fully saturated rings. The number of carbonyl (C=O) groups excluding carboxylic acids is 1. The lowest BCUT2D eigenvalue weighted by molar-refractivity contribution is -0.118. The number of carbonyl (C=O) groups is 1. The second-order valence-electron chi connectivity index (χ2n) is 6.73. The maximum absolute atomic E-state index is 13.0. The molecular weight excluding hydrogens is 383 g/mol. The Labute approximate surface area is 175 Å². The maximum Gasteiger partial charge on any atom is 0.262 e. The summed E-state index contributed by atoms with van der Waals surface area (Å²) >= 11 is 0. The van der Waals surface area contributed by atoms with E-state index in [0.717, 1.165) is 22.5 Å². The smallest absolute Gasteiger partial charge is 0.262 e. The van der Waals surface area contributed by atoms with E-state index >= 15 is 0 Å². The van der Waals surface area contributed by atoms with Crippen molar-refractivity contribution in [3.63, 3.8) is 0 Å². The van der Waals surface area contributed by atoms with Gasteiger partial charge in [-0.3, -0.25) is 4.79 Å². The van der Waals surface area contributed by atoms with Gasteiger partial charge in [-0.05, 0) is 67.4 Å². The molecule has 0 aromatic heterocycles. The first-order chi connectivity index (χ1) is 14.5. The Hall–Kier alpha value is -3.54. The summed E-state index contributed by atoms with van der Waals surface area (Å²) in [5, 5.41) is 6.08. The van der Waals surface area contributed by atoms with Crippen molar-refractivity contribution in [3.8, 4) is 11.5 Å². The molecule has 3 rings (SSSR count). The Kier molecular flexibility index (Phi) is 7.27. The van der Waals surface area contributed by atoms with Gasteiger partial charge in [0, 0.05) is 17.9 Å². The molecule has 30 heavy (non-hydrogen) atoms. The van der Waals surface area contributed by atoms with Crippen molar-refractivity contribution in [1.29, 1.82) is 0 Å². The third-order valence-electron chi connectivity index (χ3n) is 4.43. The van der Waals surface area contributed by atoms with Gasteiger partial charge in [-0.25, -0.2) is 4.39 Å². The first-order valence-corrected chi connectivity index (χ1v) is 9.78. The molecule has 0 unspecified atom stereocenters. The summed E-state index contributed by atoms with van der Waals surface area (Å²) in [5.41, 5.74) is 3.54. The number of para-hydroxylation sites is 1. The minimum atomic E-state index is -0.271. The van der Waals surface area contributed by atoms with E-state index in [1.807, 2.05) is 50.2 Å². The molecule has 0 atom stereocenters. The van der Waals surface area contributed by atoms with Crippen molar-refractivity contribution < 1.29 is 18.7 Å². The van der Waals surface area contributed by atoms with E-state index < -0.39 is 0 Å². The Morgan fingerprint density at radius 3 is 2.47 bits per heavy atom. The topological polar surface area (TPSA) is 59.6 Å². The Morgan fingerprint density at radius 2 is 1.73 bits per heavy atom. The van der Waals surface area contributed by atoms with E-state index in [0.29, 0.717) is 24.7 Å². The van der Waals surface area contributed by atoms with Crippen LogP contribution in [0.15, 0.2) is 66.7 Å². The van der Waals surface area contributed by atoms with Gasteiger partial charge in [-0.2, -0.15) is 0 Å². The van der Waals surface area contributed by atoms with Gasteiger partial charge < -0.3 is 20.1 Å². The van der Waals surface area contributed by atoms with E-state index in [2.05, 4.69) is 10.6 Å². The molecule has 0 spiro atoms. The fourth-order valence-electron chi connectivity index (χ4n) is 2.86. The summed E-state index contributed by atoms with van der Waals surface area (Å²) < 4.78 is 24.4. The van der Waals surface area contributed by atoms with Crippen LogP contribution in [0.4, 0.5) is 15.8 Å². The molecule has 0 aliphatic carbocycles. The van der Waals surface area contributed by atoms with Crippen LogP contribution in [0.2, 0.25) is 0 Å². The number of benzene rings is 3. The molecule has 0 radical (unpaired) electrons. The first kappa shape index (κ1) is 21.2. The second-order valence-corrected chi connectivity index (χ2v) is 6.73. The zero-order valence-corrected chi connectivity index (χ0v) is 17.1. The number of rotatable bonds is 9. The van der Waals surface area contributed by atoms with Gasteiger partial charge >= 0.3 is 0 Å². The molecule has 0 saturated heterocycles. The van der Waals surface area contributed by atoms with E-state index in [1.165, 1.54) is 12.1 Å². The van der Waals surface area contributed by atoms with Crippen molar-refractivity contribution in [2.24, 2.45) is 0 Å². The molecule has 0 saturated carbocycles. The molecule has 0 bridgehead atoms. The first-order valence-electron chi connectivity index (χ1n) is 9.78. The van der Waals surface area contributed by atoms with Gasteiger partial charge in [-0.1, -0.05) is 24.3 Å². The van der Waals surface area contributed by atoms with Crippen molar-refractivity contribution in [3.05, 3.63) is 83.7 Å². The summed E-state index contributed by atoms with van der Waals surface area (Å²) in [6.45, 7) is 4.71. The van der Waals surface area contributed by atoms with Crippen LogP contribution in [0.25, 0.3) is 0 Å². The largest absolute Gasteiger partial charge is 0.490 e. The predicted octanol–water partition coefficient (Wildman–Crippen LogP) is 5.16. The molecule has 0 aliphatic rings. The number of hydrogen-bond donors (Lipinski definition) is 2. The van der Waals surface area contributed by atoms with Gasteiger partial charge in [0.2, 0.25) is 0 Å². The van der Waals surface area contributed by atoms with Gasteiger partial charge in [0.25, 0.3) is 5.91 Å². The van der Waals surface area contributed by atoms with E-state index in [-0.39, 0.29) is 18.3 Å². The van der Waals surface area contributed by atoms with Crippen LogP contribution >= 0.6 is 0 Å². The summed E-state index contributed by atoms with van der Waals surface area (Å²) in [6, 6.07) is 19.3. The van der Waals surface area contributed by atoms with Crippen LogP contribution in [-0.2, 0) is 11.3 Å². The zero-order valence-electron chi connectivity index (χ0n) is 17.1. The fraction of sp³-hybridized carbons (Fsp3) is 0.208. The lowest BCUT2D eigenvalue weighted by Crippen LogP contribution is -2.20. The van der Waals surface area contributed by atoms with Crippen molar-refractivity contribution in [2.75, 3.05) is 23.8 Å². The van der Waals surface area contributed by atoms with E-state index in [4.69, 9.17) is 9.47 Å². The summed E-state index contributed by atoms with van der Waals surface area (Å²) in [6.07, 6.45) is 0. The highest BCUT2D eigenvalue weighted by atomic mass is 19.1. The van der Waals surface area contributed by atoms with Crippen molar-refractivity contribution >= 4 is 17.3 Å². The van der Waals surface area contributed by atoms with Crippen LogP contribution in [0.5, 0.6) is 11.5 Å². The minimum absolute atomic E-state index is 0.123. The third kappa shape index (κ3) is 5.98. The molecule has 5 nitrogen and oxygen atoms in total. The van der Waals surface area contributed by atoms with Crippen molar-refractivity contribution in [2.45, 2.75) is 20.4 Å². The molecule has 3 aromatic rings. The highest BCUT2D eigenvalue weighted by molar-refractivity contribution is 5.92. The molecule has 156 valence electrons. The minimum Gasteiger partial charge on any atom is -0.490 e. The second kappa shape index (κ2) is 10.3. The number of amides is 1. The highest BCUT2D eigenvalue weighted by Gasteiger charge is 2.10. The van der Waals surface area contributed by atoms with Crippen LogP contribution in [0, 0.1) is 12.7 Å². The molecule has 1 amide bonds. The summed E-state index contributed by atoms with van der Waals surface area (Å²) in [7, 11) is 0. The molecule has 3 aromatic carbocycles. The molecular formula is C24H25FN2O3. The monoisotopic (exact) mass is 408 g/mol. The van der Waals surface area contributed by atoms with Gasteiger partial charge in [0.1, 0.15) is 5.82 Å². The predicted molar refractivity (Wildman–Crippen MR) is 117 cm³/mol. The Bertz CT molecular complexity index is 990. The van der Waals surface area contributed by atoms with E-state index in [1.54, 1.807) is 18.2 Å². The SMILES string of the molecule is CCOc1cc(CNc2ccc(F)cc2)ccc1OCC(=O)Nc1ccccc1C. The molecule has 2 N–H and O–H groups in total. The summed E-state index contributed by atoms with van der Waals surface area (Å²) in [4.78, 5) is 12.2. The number of anilines is 2. The maximum atomic E-state index is 13.0. The quantitative estimate of drug-likeness (QED) is 0.513. The van der Waals surface area contributed by atoms with E-state index in [9.17, 15) is 9.18 Å². The third-order valence-corrected chi connectivity index (χ3v) is 4.43. The fourth-order valence-corrected chi connectivity index (χ4v) is 2.86. The van der Waals surface area contributed by atoms with Crippen molar-refractivity contribution in [1.82, 2.24) is 0 Å². The van der Waals surface area contributed by atoms with Gasteiger partial charge in [-0.15, -0.1) is 0 Å². The number of aryl methyl sites for hydroxylation is 1. The van der Waals surface area contributed by atoms with Crippen LogP contribution in [0.1, 0.15) is 18.1 Å². The average Bonchev–Trinajstić information content (AvgIpc) is 2.74. The standard InChI is InChI=1S/C24H25FN2O3/c1-3-29-23-14-18(15-26-20-11-9-19(25)10-12-20)8-13-22(23)30-16-24(28)27-21-7-5-4-6-17(21)2/h4-14,26H,3,15-16H2,1-2H3,(H,27,28). The molecule has 0 heterocycles. The highest BCUT2D eigenvalue weighted by Crippen LogP contribution is 2.29. The normalized spacial score (nSPS) is 10.4. The number of nitrogens with one attached hydrogen (secondary N) is 2. The van der Waals surface area contributed by atoms with Gasteiger partial charge in [0.15, 0.2) is 18.1 Å². The molecule has 6 heteroatoms. The van der Waals surface area contributed by atoms with Crippen LogP contribution < -0.4 is 20.1 Å². The lowest BCUT2D eigenvalue weighted by atomic mass is 10.2. The number of halogens is 1.